The maximum atomic E-state index is 7.39. The van der Waals surface area contributed by atoms with Crippen molar-refractivity contribution < 1.29 is 0 Å². The van der Waals surface area contributed by atoms with Gasteiger partial charge in [0.25, 0.3) is 0 Å². The molecule has 0 saturated carbocycles. The minimum absolute atomic E-state index is 0.612. The van der Waals surface area contributed by atoms with E-state index in [1.807, 2.05) is 54.6 Å². The first-order valence-electron chi connectivity index (χ1n) is 15.1. The van der Waals surface area contributed by atoms with Gasteiger partial charge in [-0.05, 0) is 53.1 Å². The fourth-order valence-corrected chi connectivity index (χ4v) is 7.59. The van der Waals surface area contributed by atoms with E-state index in [1.54, 1.807) is 11.3 Å². The molecule has 5 heteroatoms. The summed E-state index contributed by atoms with van der Waals surface area (Å²) >= 11 is 1.72. The topological polar surface area (TPSA) is 35.1 Å². The number of hydrogen-bond donors (Lipinski definition) is 0. The maximum Gasteiger partial charge on any atom is 0.187 e. The molecule has 3 heterocycles. The second-order valence-corrected chi connectivity index (χ2v) is 12.4. The molecule has 3 aromatic heterocycles. The minimum Gasteiger partial charge on any atom is -0.309 e. The van der Waals surface area contributed by atoms with Crippen LogP contribution in [0.1, 0.15) is 0 Å². The van der Waals surface area contributed by atoms with Gasteiger partial charge in [0.15, 0.2) is 11.5 Å². The van der Waals surface area contributed by atoms with E-state index in [-0.39, 0.29) is 0 Å². The molecule has 0 aliphatic carbocycles. The standard InChI is InChI=1S/C41H24N4S/c1-42-30-21-18-26(19-22-30)38-40-39(44-41(43-38)27-10-3-2-4-11-27)34-25-29(20-23-37(34)46-40)28-12-9-13-31(24-28)45-35-16-7-5-14-32(35)33-15-6-8-17-36(33)45/h2-25H. The van der Waals surface area contributed by atoms with Gasteiger partial charge in [-0.1, -0.05) is 109 Å². The molecule has 6 aromatic carbocycles. The summed E-state index contributed by atoms with van der Waals surface area (Å²) in [5, 5.41) is 3.62. The zero-order valence-electron chi connectivity index (χ0n) is 24.6. The van der Waals surface area contributed by atoms with Crippen LogP contribution in [0.3, 0.4) is 0 Å². The molecule has 4 nitrogen and oxygen atoms in total. The Balaban J connectivity index is 1.24. The van der Waals surface area contributed by atoms with Crippen molar-refractivity contribution in [3.63, 3.8) is 0 Å². The molecule has 0 amide bonds. The molecule has 0 N–H and O–H groups in total. The van der Waals surface area contributed by atoms with Gasteiger partial charge in [-0.25, -0.2) is 14.8 Å². The number of aromatic nitrogens is 3. The van der Waals surface area contributed by atoms with Crippen LogP contribution in [0.15, 0.2) is 146 Å². The third kappa shape index (κ3) is 4.20. The Morgan fingerprint density at radius 3 is 1.93 bits per heavy atom. The summed E-state index contributed by atoms with van der Waals surface area (Å²) in [7, 11) is 0. The van der Waals surface area contributed by atoms with Crippen LogP contribution >= 0.6 is 11.3 Å². The van der Waals surface area contributed by atoms with E-state index >= 15 is 0 Å². The number of hydrogen-bond acceptors (Lipinski definition) is 3. The van der Waals surface area contributed by atoms with E-state index < -0.39 is 0 Å². The summed E-state index contributed by atoms with van der Waals surface area (Å²) in [6.07, 6.45) is 0. The van der Waals surface area contributed by atoms with Gasteiger partial charge in [0.2, 0.25) is 0 Å². The van der Waals surface area contributed by atoms with Crippen molar-refractivity contribution in [1.82, 2.24) is 14.5 Å². The molecule has 0 unspecified atom stereocenters. The highest BCUT2D eigenvalue weighted by atomic mass is 32.1. The van der Waals surface area contributed by atoms with Crippen molar-refractivity contribution in [2.45, 2.75) is 0 Å². The normalized spacial score (nSPS) is 11.5. The van der Waals surface area contributed by atoms with Gasteiger partial charge >= 0.3 is 0 Å². The Labute approximate surface area is 269 Å². The summed E-state index contributed by atoms with van der Waals surface area (Å²) < 4.78 is 4.56. The fourth-order valence-electron chi connectivity index (χ4n) is 6.45. The van der Waals surface area contributed by atoms with Crippen molar-refractivity contribution in [3.8, 4) is 39.5 Å². The highest BCUT2D eigenvalue weighted by Gasteiger charge is 2.18. The Morgan fingerprint density at radius 1 is 0.543 bits per heavy atom. The molecule has 214 valence electrons. The summed E-state index contributed by atoms with van der Waals surface area (Å²) in [5.74, 6) is 0.691. The molecule has 0 fully saturated rings. The van der Waals surface area contributed by atoms with Crippen molar-refractivity contribution in [3.05, 3.63) is 157 Å². The maximum absolute atomic E-state index is 7.39. The van der Waals surface area contributed by atoms with Crippen LogP contribution in [-0.4, -0.2) is 14.5 Å². The Bertz CT molecular complexity index is 2590. The SMILES string of the molecule is [C-]#[N+]c1ccc(-c2nc(-c3ccccc3)nc3c2sc2ccc(-c4cccc(-n5c6ccccc6c6ccccc65)c4)cc23)cc1. The lowest BCUT2D eigenvalue weighted by atomic mass is 10.0. The van der Waals surface area contributed by atoms with E-state index in [9.17, 15) is 0 Å². The van der Waals surface area contributed by atoms with E-state index in [2.05, 4.69) is 100 Å². The summed E-state index contributed by atoms with van der Waals surface area (Å²) in [6, 6.07) is 50.5. The fraction of sp³-hybridized carbons (Fsp3) is 0. The number of benzene rings is 6. The molecule has 0 radical (unpaired) electrons. The summed E-state index contributed by atoms with van der Waals surface area (Å²) in [5.41, 5.74) is 10.2. The van der Waals surface area contributed by atoms with Gasteiger partial charge < -0.3 is 4.57 Å². The highest BCUT2D eigenvalue weighted by molar-refractivity contribution is 7.26. The van der Waals surface area contributed by atoms with Crippen LogP contribution < -0.4 is 0 Å². The lowest BCUT2D eigenvalue weighted by molar-refractivity contribution is 1.18. The monoisotopic (exact) mass is 604 g/mol. The lowest BCUT2D eigenvalue weighted by Gasteiger charge is -2.10. The van der Waals surface area contributed by atoms with E-state index in [0.717, 1.165) is 53.9 Å². The van der Waals surface area contributed by atoms with Gasteiger partial charge in [0, 0.05) is 32.1 Å². The highest BCUT2D eigenvalue weighted by Crippen LogP contribution is 2.41. The molecule has 9 rings (SSSR count). The lowest BCUT2D eigenvalue weighted by Crippen LogP contribution is -1.94. The zero-order chi connectivity index (χ0) is 30.6. The molecule has 0 atom stereocenters. The van der Waals surface area contributed by atoms with E-state index in [0.29, 0.717) is 11.5 Å². The average Bonchev–Trinajstić information content (AvgIpc) is 3.67. The smallest absolute Gasteiger partial charge is 0.187 e. The second-order valence-electron chi connectivity index (χ2n) is 11.3. The van der Waals surface area contributed by atoms with Gasteiger partial charge in [-0.2, -0.15) is 0 Å². The number of para-hydroxylation sites is 2. The third-order valence-corrected chi connectivity index (χ3v) is 9.80. The van der Waals surface area contributed by atoms with Crippen LogP contribution in [0.25, 0.3) is 86.4 Å². The number of thiophene rings is 1. The van der Waals surface area contributed by atoms with Gasteiger partial charge in [0.1, 0.15) is 0 Å². The first kappa shape index (κ1) is 26.3. The van der Waals surface area contributed by atoms with Crippen molar-refractivity contribution in [2.75, 3.05) is 0 Å². The summed E-state index contributed by atoms with van der Waals surface area (Å²) in [4.78, 5) is 13.8. The Morgan fingerprint density at radius 2 is 1.20 bits per heavy atom. The van der Waals surface area contributed by atoms with Gasteiger partial charge in [-0.3, -0.25) is 0 Å². The van der Waals surface area contributed by atoms with Crippen LogP contribution in [0.4, 0.5) is 5.69 Å². The Hall–Kier alpha value is -6.09. The number of fused-ring (bicyclic) bond motifs is 6. The Kier molecular flexibility index (Phi) is 6.02. The molecule has 0 saturated heterocycles. The van der Waals surface area contributed by atoms with Gasteiger partial charge in [-0.15, -0.1) is 11.3 Å². The van der Waals surface area contributed by atoms with E-state index in [1.165, 1.54) is 21.8 Å². The zero-order valence-corrected chi connectivity index (χ0v) is 25.4. The van der Waals surface area contributed by atoms with Crippen molar-refractivity contribution in [1.29, 1.82) is 0 Å². The molecule has 0 aliphatic rings. The third-order valence-electron chi connectivity index (χ3n) is 8.63. The van der Waals surface area contributed by atoms with Crippen LogP contribution in [0.5, 0.6) is 0 Å². The molecular formula is C41H24N4S. The summed E-state index contributed by atoms with van der Waals surface area (Å²) in [6.45, 7) is 7.39. The molecule has 0 spiro atoms. The van der Waals surface area contributed by atoms with Crippen molar-refractivity contribution in [2.24, 2.45) is 0 Å². The van der Waals surface area contributed by atoms with Crippen molar-refractivity contribution >= 4 is 59.1 Å². The largest absolute Gasteiger partial charge is 0.309 e. The average molecular weight is 605 g/mol. The van der Waals surface area contributed by atoms with Crippen LogP contribution in [-0.2, 0) is 0 Å². The van der Waals surface area contributed by atoms with Gasteiger partial charge in [0.05, 0.1) is 33.5 Å². The molecular weight excluding hydrogens is 581 g/mol. The molecule has 46 heavy (non-hydrogen) atoms. The first-order valence-corrected chi connectivity index (χ1v) is 15.9. The predicted molar refractivity (Wildman–Crippen MR) is 192 cm³/mol. The number of rotatable bonds is 4. The van der Waals surface area contributed by atoms with Crippen LogP contribution in [0, 0.1) is 6.57 Å². The predicted octanol–water partition coefficient (Wildman–Crippen LogP) is 11.5. The number of nitrogens with zero attached hydrogens (tertiary/aromatic N) is 4. The minimum atomic E-state index is 0.612. The second kappa shape index (κ2) is 10.5. The van der Waals surface area contributed by atoms with E-state index in [4.69, 9.17) is 16.5 Å². The first-order chi connectivity index (χ1) is 22.7. The quantitative estimate of drug-likeness (QED) is 0.187. The molecule has 9 aromatic rings. The van der Waals surface area contributed by atoms with Crippen LogP contribution in [0.2, 0.25) is 0 Å². The molecule has 0 aliphatic heterocycles. The molecule has 0 bridgehead atoms.